The van der Waals surface area contributed by atoms with Crippen LogP contribution in [0.1, 0.15) is 11.1 Å². The fraction of sp³-hybridized carbons (Fsp3) is 0.0333. The molecule has 5 aromatic rings. The monoisotopic (exact) mass is 540 g/mol. The van der Waals surface area contributed by atoms with Gasteiger partial charge in [0.15, 0.2) is 0 Å². The Hall–Kier alpha value is -5.56. The van der Waals surface area contributed by atoms with Gasteiger partial charge in [0.2, 0.25) is 0 Å². The van der Waals surface area contributed by atoms with Crippen molar-refractivity contribution in [3.8, 4) is 23.3 Å². The molecule has 0 saturated carbocycles. The highest BCUT2D eigenvalue weighted by Gasteiger charge is 2.14. The highest BCUT2D eigenvalue weighted by molar-refractivity contribution is 6.00. The molecule has 2 amide bonds. The number of urea groups is 1. The SMILES string of the molecule is N#Cc1cc2c(Oc3ccc(NC(=O)Nc4ccc(F)cc4F)c(F)c3)ccnc2cc1OCc1ccccc1. The van der Waals surface area contributed by atoms with Crippen molar-refractivity contribution < 1.29 is 27.4 Å². The van der Waals surface area contributed by atoms with Crippen LogP contribution < -0.4 is 20.1 Å². The molecule has 5 rings (SSSR count). The molecule has 0 spiro atoms. The topological polar surface area (TPSA) is 96.3 Å². The molecule has 10 heteroatoms. The van der Waals surface area contributed by atoms with E-state index in [0.29, 0.717) is 28.5 Å². The maximum atomic E-state index is 14.8. The molecule has 7 nitrogen and oxygen atoms in total. The minimum absolute atomic E-state index is 0.114. The molecule has 0 unspecified atom stereocenters. The number of anilines is 2. The van der Waals surface area contributed by atoms with Crippen LogP contribution in [-0.4, -0.2) is 11.0 Å². The number of ether oxygens (including phenoxy) is 2. The van der Waals surface area contributed by atoms with Crippen molar-refractivity contribution in [2.45, 2.75) is 6.61 Å². The van der Waals surface area contributed by atoms with Gasteiger partial charge < -0.3 is 20.1 Å². The van der Waals surface area contributed by atoms with Gasteiger partial charge in [-0.2, -0.15) is 5.26 Å². The molecule has 1 aromatic heterocycles. The number of fused-ring (bicyclic) bond motifs is 1. The summed E-state index contributed by atoms with van der Waals surface area (Å²) in [6, 6.07) is 21.9. The Morgan fingerprint density at radius 1 is 0.850 bits per heavy atom. The summed E-state index contributed by atoms with van der Waals surface area (Å²) in [6.45, 7) is 0.272. The molecule has 0 aliphatic rings. The van der Waals surface area contributed by atoms with Crippen molar-refractivity contribution in [3.63, 3.8) is 0 Å². The number of rotatable bonds is 7. The Bertz CT molecular complexity index is 1760. The van der Waals surface area contributed by atoms with Crippen molar-refractivity contribution >= 4 is 28.3 Å². The standard InChI is InChI=1S/C30H19F3N4O3/c31-20-6-8-25(23(32)13-20)36-30(38)37-26-9-7-21(14-24(26)33)40-28-10-11-35-27-15-29(19(16-34)12-22(27)28)39-17-18-4-2-1-3-5-18/h1-15H,17H2,(H2,36,37,38). The van der Waals surface area contributed by atoms with Crippen molar-refractivity contribution in [2.75, 3.05) is 10.6 Å². The Kier molecular flexibility index (Phi) is 7.46. The third-order valence-corrected chi connectivity index (χ3v) is 5.76. The lowest BCUT2D eigenvalue weighted by Crippen LogP contribution is -2.20. The summed E-state index contributed by atoms with van der Waals surface area (Å²) in [4.78, 5) is 16.5. The zero-order chi connectivity index (χ0) is 28.1. The number of aromatic nitrogens is 1. The van der Waals surface area contributed by atoms with Crippen LogP contribution in [0.5, 0.6) is 17.2 Å². The van der Waals surface area contributed by atoms with E-state index in [0.717, 1.165) is 23.8 Å². The van der Waals surface area contributed by atoms with Crippen LogP contribution >= 0.6 is 0 Å². The Balaban J connectivity index is 1.32. The van der Waals surface area contributed by atoms with Crippen LogP contribution in [0.25, 0.3) is 10.9 Å². The van der Waals surface area contributed by atoms with E-state index in [4.69, 9.17) is 9.47 Å². The van der Waals surface area contributed by atoms with Crippen LogP contribution in [-0.2, 0) is 6.61 Å². The average molecular weight is 541 g/mol. The smallest absolute Gasteiger partial charge is 0.323 e. The number of nitrogens with zero attached hydrogens (tertiary/aromatic N) is 2. The lowest BCUT2D eigenvalue weighted by atomic mass is 10.1. The quantitative estimate of drug-likeness (QED) is 0.222. The number of benzene rings is 4. The minimum Gasteiger partial charge on any atom is -0.487 e. The third kappa shape index (κ3) is 5.95. The number of nitrogens with one attached hydrogen (secondary N) is 2. The number of hydrogen-bond acceptors (Lipinski definition) is 5. The molecule has 0 bridgehead atoms. The van der Waals surface area contributed by atoms with E-state index in [1.807, 2.05) is 30.3 Å². The van der Waals surface area contributed by atoms with E-state index in [9.17, 15) is 23.2 Å². The number of carbonyl (C=O) groups is 1. The first-order valence-corrected chi connectivity index (χ1v) is 11.9. The van der Waals surface area contributed by atoms with E-state index in [1.165, 1.54) is 18.3 Å². The first kappa shape index (κ1) is 26.1. The van der Waals surface area contributed by atoms with Gasteiger partial charge in [-0.05, 0) is 42.0 Å². The first-order chi connectivity index (χ1) is 19.4. The van der Waals surface area contributed by atoms with Gasteiger partial charge in [0.05, 0.1) is 22.5 Å². The Morgan fingerprint density at radius 2 is 1.57 bits per heavy atom. The Morgan fingerprint density at radius 3 is 2.27 bits per heavy atom. The minimum atomic E-state index is -0.974. The number of pyridine rings is 1. The molecule has 2 N–H and O–H groups in total. The summed E-state index contributed by atoms with van der Waals surface area (Å²) in [6.07, 6.45) is 1.51. The highest BCUT2D eigenvalue weighted by atomic mass is 19.1. The molecule has 0 saturated heterocycles. The first-order valence-electron chi connectivity index (χ1n) is 11.9. The highest BCUT2D eigenvalue weighted by Crippen LogP contribution is 2.34. The molecule has 0 aliphatic carbocycles. The molecule has 0 atom stereocenters. The van der Waals surface area contributed by atoms with E-state index in [-0.39, 0.29) is 29.3 Å². The van der Waals surface area contributed by atoms with Gasteiger partial charge in [-0.25, -0.2) is 18.0 Å². The molecule has 198 valence electrons. The maximum absolute atomic E-state index is 14.8. The van der Waals surface area contributed by atoms with Crippen LogP contribution in [0.3, 0.4) is 0 Å². The van der Waals surface area contributed by atoms with Crippen molar-refractivity contribution in [3.05, 3.63) is 120 Å². The summed E-state index contributed by atoms with van der Waals surface area (Å²) in [5.41, 5.74) is 1.25. The zero-order valence-corrected chi connectivity index (χ0v) is 20.6. The number of amides is 2. The normalized spacial score (nSPS) is 10.6. The molecular weight excluding hydrogens is 521 g/mol. The van der Waals surface area contributed by atoms with Crippen LogP contribution in [0.4, 0.5) is 29.3 Å². The molecule has 0 fully saturated rings. The summed E-state index contributed by atoms with van der Waals surface area (Å²) >= 11 is 0. The molecule has 40 heavy (non-hydrogen) atoms. The van der Waals surface area contributed by atoms with Crippen LogP contribution in [0.2, 0.25) is 0 Å². The molecular formula is C30H19F3N4O3. The van der Waals surface area contributed by atoms with E-state index >= 15 is 0 Å². The Labute approximate surface area is 226 Å². The van der Waals surface area contributed by atoms with Gasteiger partial charge in [0.1, 0.15) is 47.4 Å². The van der Waals surface area contributed by atoms with Crippen LogP contribution in [0.15, 0.2) is 91.1 Å². The third-order valence-electron chi connectivity index (χ3n) is 5.76. The summed E-state index contributed by atoms with van der Waals surface area (Å²) in [7, 11) is 0. The number of hydrogen-bond donors (Lipinski definition) is 2. The van der Waals surface area contributed by atoms with Gasteiger partial charge in [-0.15, -0.1) is 0 Å². The van der Waals surface area contributed by atoms with Gasteiger partial charge in [-0.3, -0.25) is 4.98 Å². The second-order valence-electron chi connectivity index (χ2n) is 8.51. The molecule has 0 radical (unpaired) electrons. The van der Waals surface area contributed by atoms with Gasteiger partial charge in [0, 0.05) is 29.8 Å². The van der Waals surface area contributed by atoms with Gasteiger partial charge in [0.25, 0.3) is 0 Å². The molecule has 0 aliphatic heterocycles. The van der Waals surface area contributed by atoms with E-state index < -0.39 is 23.5 Å². The second kappa shape index (κ2) is 11.4. The van der Waals surface area contributed by atoms with Gasteiger partial charge >= 0.3 is 6.03 Å². The number of nitriles is 1. The summed E-state index contributed by atoms with van der Waals surface area (Å²) in [5, 5.41) is 14.7. The predicted molar refractivity (Wildman–Crippen MR) is 143 cm³/mol. The van der Waals surface area contributed by atoms with Crippen molar-refractivity contribution in [1.29, 1.82) is 5.26 Å². The zero-order valence-electron chi connectivity index (χ0n) is 20.6. The average Bonchev–Trinajstić information content (AvgIpc) is 2.95. The number of halogens is 3. The van der Waals surface area contributed by atoms with Crippen molar-refractivity contribution in [1.82, 2.24) is 4.98 Å². The lowest BCUT2D eigenvalue weighted by Gasteiger charge is -2.13. The fourth-order valence-electron chi connectivity index (χ4n) is 3.83. The lowest BCUT2D eigenvalue weighted by molar-refractivity contribution is 0.262. The molecule has 4 aromatic carbocycles. The van der Waals surface area contributed by atoms with Crippen molar-refractivity contribution in [2.24, 2.45) is 0 Å². The summed E-state index contributed by atoms with van der Waals surface area (Å²) < 4.78 is 53.4. The van der Waals surface area contributed by atoms with Crippen LogP contribution in [0, 0.1) is 28.8 Å². The maximum Gasteiger partial charge on any atom is 0.323 e. The fourth-order valence-corrected chi connectivity index (χ4v) is 3.83. The van der Waals surface area contributed by atoms with E-state index in [1.54, 1.807) is 18.2 Å². The number of carbonyl (C=O) groups excluding carboxylic acids is 1. The second-order valence-corrected chi connectivity index (χ2v) is 8.51. The van der Waals surface area contributed by atoms with E-state index in [2.05, 4.69) is 21.7 Å². The largest absolute Gasteiger partial charge is 0.487 e. The molecule has 1 heterocycles. The predicted octanol–water partition coefficient (Wildman–Crippen LogP) is 7.54. The summed E-state index contributed by atoms with van der Waals surface area (Å²) in [5.74, 6) is -1.79. The van der Waals surface area contributed by atoms with Gasteiger partial charge in [-0.1, -0.05) is 30.3 Å².